The lowest BCUT2D eigenvalue weighted by molar-refractivity contribution is 0.402. The second kappa shape index (κ2) is 6.47. The average molecular weight is 369 g/mol. The van der Waals surface area contributed by atoms with Crippen LogP contribution in [-0.4, -0.2) is 13.1 Å². The van der Waals surface area contributed by atoms with Crippen LogP contribution in [0.25, 0.3) is 0 Å². The third kappa shape index (κ3) is 3.31. The maximum absolute atomic E-state index is 13.6. The number of hydrogen-bond acceptors (Lipinski definition) is 1. The summed E-state index contributed by atoms with van der Waals surface area (Å²) < 4.78 is 14.6. The van der Waals surface area contributed by atoms with E-state index in [-0.39, 0.29) is 11.7 Å². The molecule has 0 radical (unpaired) electrons. The molecule has 2 aromatic carbocycles. The molecule has 21 heavy (non-hydrogen) atoms. The van der Waals surface area contributed by atoms with Crippen LogP contribution >= 0.6 is 27.5 Å². The first kappa shape index (κ1) is 15.0. The lowest BCUT2D eigenvalue weighted by Crippen LogP contribution is -2.34. The van der Waals surface area contributed by atoms with E-state index >= 15 is 0 Å². The maximum Gasteiger partial charge on any atom is 0.123 e. The monoisotopic (exact) mass is 367 g/mol. The van der Waals surface area contributed by atoms with Crippen molar-refractivity contribution in [3.8, 4) is 0 Å². The van der Waals surface area contributed by atoms with Gasteiger partial charge >= 0.3 is 0 Å². The summed E-state index contributed by atoms with van der Waals surface area (Å²) in [6.45, 7) is 1.83. The Bertz CT molecular complexity index is 646. The highest BCUT2D eigenvalue weighted by Crippen LogP contribution is 2.40. The molecule has 0 aromatic heterocycles. The smallest absolute Gasteiger partial charge is 0.123 e. The third-order valence-electron chi connectivity index (χ3n) is 4.12. The summed E-state index contributed by atoms with van der Waals surface area (Å²) in [5, 5.41) is 4.18. The van der Waals surface area contributed by atoms with Gasteiger partial charge in [-0.15, -0.1) is 0 Å². The number of rotatable bonds is 2. The van der Waals surface area contributed by atoms with E-state index in [4.69, 9.17) is 11.6 Å². The Hall–Kier alpha value is -0.900. The zero-order valence-electron chi connectivity index (χ0n) is 11.5. The Balaban J connectivity index is 2.00. The molecule has 4 heteroatoms. The van der Waals surface area contributed by atoms with E-state index in [1.165, 1.54) is 11.6 Å². The predicted molar refractivity (Wildman–Crippen MR) is 88.5 cm³/mol. The van der Waals surface area contributed by atoms with Gasteiger partial charge in [0.25, 0.3) is 0 Å². The molecule has 1 saturated heterocycles. The van der Waals surface area contributed by atoms with Crippen LogP contribution in [0.15, 0.2) is 46.9 Å². The fourth-order valence-electron chi connectivity index (χ4n) is 3.12. The average Bonchev–Trinajstić information content (AvgIpc) is 2.50. The van der Waals surface area contributed by atoms with E-state index in [0.29, 0.717) is 5.92 Å². The van der Waals surface area contributed by atoms with Gasteiger partial charge in [-0.05, 0) is 60.3 Å². The lowest BCUT2D eigenvalue weighted by Gasteiger charge is -2.33. The SMILES string of the molecule is Fc1ccc(Br)c(C2CCNCC2c2cccc(Cl)c2)c1. The molecule has 0 saturated carbocycles. The van der Waals surface area contributed by atoms with Crippen LogP contribution in [0.5, 0.6) is 0 Å². The fraction of sp³-hybridized carbons (Fsp3) is 0.294. The Morgan fingerprint density at radius 1 is 1.14 bits per heavy atom. The van der Waals surface area contributed by atoms with Gasteiger partial charge in [0.1, 0.15) is 5.82 Å². The molecular formula is C17H16BrClFN. The van der Waals surface area contributed by atoms with Crippen molar-refractivity contribution >= 4 is 27.5 Å². The highest BCUT2D eigenvalue weighted by atomic mass is 79.9. The molecule has 1 N–H and O–H groups in total. The molecule has 0 aliphatic carbocycles. The molecule has 110 valence electrons. The normalized spacial score (nSPS) is 22.2. The number of piperidine rings is 1. The Kier molecular flexibility index (Phi) is 4.63. The van der Waals surface area contributed by atoms with Gasteiger partial charge in [-0.25, -0.2) is 4.39 Å². The number of hydrogen-bond donors (Lipinski definition) is 1. The zero-order chi connectivity index (χ0) is 14.8. The van der Waals surface area contributed by atoms with Crippen molar-refractivity contribution in [1.82, 2.24) is 5.32 Å². The molecule has 1 fully saturated rings. The van der Waals surface area contributed by atoms with Gasteiger partial charge < -0.3 is 5.32 Å². The summed E-state index contributed by atoms with van der Waals surface area (Å²) in [5.41, 5.74) is 2.25. The van der Waals surface area contributed by atoms with E-state index in [1.807, 2.05) is 18.2 Å². The first-order chi connectivity index (χ1) is 10.1. The molecule has 2 atom stereocenters. The van der Waals surface area contributed by atoms with Gasteiger partial charge in [0.2, 0.25) is 0 Å². The summed E-state index contributed by atoms with van der Waals surface area (Å²) in [6.07, 6.45) is 0.985. The van der Waals surface area contributed by atoms with E-state index in [9.17, 15) is 4.39 Å². The van der Waals surface area contributed by atoms with Crippen LogP contribution in [0.1, 0.15) is 29.4 Å². The van der Waals surface area contributed by atoms with E-state index in [0.717, 1.165) is 34.6 Å². The van der Waals surface area contributed by atoms with Gasteiger partial charge in [0, 0.05) is 22.0 Å². The summed E-state index contributed by atoms with van der Waals surface area (Å²) in [6, 6.07) is 12.9. The maximum atomic E-state index is 13.6. The molecule has 0 spiro atoms. The number of benzene rings is 2. The summed E-state index contributed by atoms with van der Waals surface area (Å²) in [5.74, 6) is 0.405. The highest BCUT2D eigenvalue weighted by molar-refractivity contribution is 9.10. The van der Waals surface area contributed by atoms with Crippen LogP contribution in [-0.2, 0) is 0 Å². The van der Waals surface area contributed by atoms with Crippen LogP contribution in [0.2, 0.25) is 5.02 Å². The van der Waals surface area contributed by atoms with Gasteiger partial charge in [0.05, 0.1) is 0 Å². The Morgan fingerprint density at radius 3 is 2.81 bits per heavy atom. The zero-order valence-corrected chi connectivity index (χ0v) is 13.8. The van der Waals surface area contributed by atoms with Crippen LogP contribution in [0.4, 0.5) is 4.39 Å². The minimum absolute atomic E-state index is 0.184. The first-order valence-corrected chi connectivity index (χ1v) is 8.23. The highest BCUT2D eigenvalue weighted by Gasteiger charge is 2.29. The second-order valence-corrected chi connectivity index (χ2v) is 6.72. The standard InChI is InChI=1S/C17H16BrClFN/c18-17-5-4-13(20)9-15(17)14-6-7-21-10-16(14)11-2-1-3-12(19)8-11/h1-5,8-9,14,16,21H,6-7,10H2. The van der Waals surface area contributed by atoms with Crippen molar-refractivity contribution in [3.05, 3.63) is 68.9 Å². The van der Waals surface area contributed by atoms with Crippen LogP contribution in [0, 0.1) is 5.82 Å². The summed E-state index contributed by atoms with van der Waals surface area (Å²) in [7, 11) is 0. The molecule has 2 aromatic rings. The molecule has 2 unspecified atom stereocenters. The summed E-state index contributed by atoms with van der Waals surface area (Å²) in [4.78, 5) is 0. The fourth-order valence-corrected chi connectivity index (χ4v) is 3.86. The Morgan fingerprint density at radius 2 is 2.00 bits per heavy atom. The molecule has 0 bridgehead atoms. The van der Waals surface area contributed by atoms with E-state index < -0.39 is 0 Å². The molecule has 0 amide bonds. The third-order valence-corrected chi connectivity index (χ3v) is 5.07. The van der Waals surface area contributed by atoms with Crippen molar-refractivity contribution in [3.63, 3.8) is 0 Å². The predicted octanol–water partition coefficient (Wildman–Crippen LogP) is 5.10. The van der Waals surface area contributed by atoms with E-state index in [2.05, 4.69) is 27.3 Å². The first-order valence-electron chi connectivity index (χ1n) is 7.06. The Labute approximate surface area is 137 Å². The van der Waals surface area contributed by atoms with Crippen molar-refractivity contribution < 1.29 is 4.39 Å². The quantitative estimate of drug-likeness (QED) is 0.777. The van der Waals surface area contributed by atoms with Crippen molar-refractivity contribution in [2.24, 2.45) is 0 Å². The molecule has 3 rings (SSSR count). The molecule has 1 aliphatic rings. The van der Waals surface area contributed by atoms with Crippen molar-refractivity contribution in [2.45, 2.75) is 18.3 Å². The topological polar surface area (TPSA) is 12.0 Å². The van der Waals surface area contributed by atoms with Crippen LogP contribution in [0.3, 0.4) is 0 Å². The summed E-state index contributed by atoms with van der Waals surface area (Å²) >= 11 is 9.69. The van der Waals surface area contributed by atoms with Gasteiger partial charge in [-0.3, -0.25) is 0 Å². The number of nitrogens with one attached hydrogen (secondary N) is 1. The number of halogens is 3. The minimum Gasteiger partial charge on any atom is -0.316 e. The largest absolute Gasteiger partial charge is 0.316 e. The molecule has 1 aliphatic heterocycles. The lowest BCUT2D eigenvalue weighted by atomic mass is 9.77. The van der Waals surface area contributed by atoms with Gasteiger partial charge in [-0.1, -0.05) is 39.7 Å². The molecular weight excluding hydrogens is 353 g/mol. The van der Waals surface area contributed by atoms with Crippen molar-refractivity contribution in [2.75, 3.05) is 13.1 Å². The molecule has 1 nitrogen and oxygen atoms in total. The molecule has 1 heterocycles. The second-order valence-electron chi connectivity index (χ2n) is 5.43. The van der Waals surface area contributed by atoms with Crippen molar-refractivity contribution in [1.29, 1.82) is 0 Å². The van der Waals surface area contributed by atoms with Gasteiger partial charge in [-0.2, -0.15) is 0 Å². The van der Waals surface area contributed by atoms with Crippen LogP contribution < -0.4 is 5.32 Å². The van der Waals surface area contributed by atoms with E-state index in [1.54, 1.807) is 12.1 Å². The minimum atomic E-state index is -0.184. The van der Waals surface area contributed by atoms with Gasteiger partial charge in [0.15, 0.2) is 0 Å².